The van der Waals surface area contributed by atoms with Gasteiger partial charge in [0.25, 0.3) is 5.69 Å². The summed E-state index contributed by atoms with van der Waals surface area (Å²) in [6.07, 6.45) is 1.69. The second-order valence-electron chi connectivity index (χ2n) is 5.83. The minimum absolute atomic E-state index is 0. The summed E-state index contributed by atoms with van der Waals surface area (Å²) in [4.78, 5) is 10.4. The van der Waals surface area contributed by atoms with Crippen LogP contribution in [-0.2, 0) is 10.0 Å². The monoisotopic (exact) mass is 363 g/mol. The summed E-state index contributed by atoms with van der Waals surface area (Å²) in [6, 6.07) is 3.78. The van der Waals surface area contributed by atoms with Crippen LogP contribution >= 0.6 is 12.4 Å². The molecule has 0 saturated carbocycles. The van der Waals surface area contributed by atoms with E-state index in [1.54, 1.807) is 6.92 Å². The van der Waals surface area contributed by atoms with E-state index in [4.69, 9.17) is 5.73 Å². The number of rotatable bonds is 4. The summed E-state index contributed by atoms with van der Waals surface area (Å²) >= 11 is 0. The standard InChI is InChI=1S/C14H21N3O4S.ClH/c1-10-8-13(17(18)19)5-6-14(10)22(20,21)16-7-3-4-12(9-16)11(2)15;/h5-6,8,11-12H,3-4,7,9,15H2,1-2H3;1H. The largest absolute Gasteiger partial charge is 0.328 e. The number of benzene rings is 1. The van der Waals surface area contributed by atoms with Crippen molar-refractivity contribution in [2.45, 2.75) is 37.6 Å². The molecule has 1 heterocycles. The van der Waals surface area contributed by atoms with Crippen LogP contribution in [0, 0.1) is 23.0 Å². The number of nitro groups is 1. The molecular formula is C14H22ClN3O4S. The van der Waals surface area contributed by atoms with Crippen molar-refractivity contribution in [1.82, 2.24) is 4.31 Å². The maximum atomic E-state index is 12.8. The lowest BCUT2D eigenvalue weighted by molar-refractivity contribution is -0.385. The quantitative estimate of drug-likeness (QED) is 0.651. The van der Waals surface area contributed by atoms with Crippen molar-refractivity contribution in [3.05, 3.63) is 33.9 Å². The normalized spacial score (nSPS) is 20.6. The number of hydrogen-bond donors (Lipinski definition) is 1. The van der Waals surface area contributed by atoms with Gasteiger partial charge in [0.05, 0.1) is 9.82 Å². The Labute approximate surface area is 142 Å². The predicted molar refractivity (Wildman–Crippen MR) is 90.2 cm³/mol. The third-order valence-corrected chi connectivity index (χ3v) is 6.18. The van der Waals surface area contributed by atoms with E-state index >= 15 is 0 Å². The van der Waals surface area contributed by atoms with E-state index in [0.29, 0.717) is 18.7 Å². The van der Waals surface area contributed by atoms with Gasteiger partial charge in [0.15, 0.2) is 0 Å². The van der Waals surface area contributed by atoms with E-state index in [2.05, 4.69) is 0 Å². The number of non-ortho nitro benzene ring substituents is 1. The molecule has 1 aliphatic rings. The third kappa shape index (κ3) is 4.20. The maximum Gasteiger partial charge on any atom is 0.269 e. The molecule has 0 bridgehead atoms. The summed E-state index contributed by atoms with van der Waals surface area (Å²) in [5.74, 6) is 0.141. The molecule has 1 aromatic rings. The first kappa shape index (κ1) is 19.8. The third-order valence-electron chi connectivity index (χ3n) is 4.15. The maximum absolute atomic E-state index is 12.8. The summed E-state index contributed by atoms with van der Waals surface area (Å²) < 4.78 is 27.0. The van der Waals surface area contributed by atoms with Gasteiger partial charge in [-0.25, -0.2) is 8.42 Å². The van der Waals surface area contributed by atoms with E-state index in [9.17, 15) is 18.5 Å². The molecule has 130 valence electrons. The number of hydrogen-bond acceptors (Lipinski definition) is 5. The van der Waals surface area contributed by atoms with E-state index < -0.39 is 14.9 Å². The van der Waals surface area contributed by atoms with E-state index in [-0.39, 0.29) is 34.9 Å². The van der Waals surface area contributed by atoms with E-state index in [0.717, 1.165) is 12.8 Å². The summed E-state index contributed by atoms with van der Waals surface area (Å²) in [7, 11) is -3.65. The zero-order valence-corrected chi connectivity index (χ0v) is 14.8. The van der Waals surface area contributed by atoms with Gasteiger partial charge in [-0.15, -0.1) is 12.4 Å². The molecule has 2 N–H and O–H groups in total. The lowest BCUT2D eigenvalue weighted by Crippen LogP contribution is -2.45. The molecule has 9 heteroatoms. The second kappa shape index (κ2) is 7.57. The van der Waals surface area contributed by atoms with Crippen molar-refractivity contribution in [1.29, 1.82) is 0 Å². The van der Waals surface area contributed by atoms with Crippen molar-refractivity contribution in [2.24, 2.45) is 11.7 Å². The second-order valence-corrected chi connectivity index (χ2v) is 7.74. The van der Waals surface area contributed by atoms with Gasteiger partial charge in [0, 0.05) is 31.3 Å². The van der Waals surface area contributed by atoms with Crippen LogP contribution in [0.5, 0.6) is 0 Å². The Bertz CT molecular complexity index is 679. The fourth-order valence-corrected chi connectivity index (χ4v) is 4.54. The topological polar surface area (TPSA) is 107 Å². The molecule has 0 amide bonds. The Morgan fingerprint density at radius 3 is 2.61 bits per heavy atom. The summed E-state index contributed by atoms with van der Waals surface area (Å²) in [5, 5.41) is 10.8. The number of nitrogens with two attached hydrogens (primary N) is 1. The van der Waals surface area contributed by atoms with Gasteiger partial charge < -0.3 is 5.73 Å². The number of nitrogens with zero attached hydrogens (tertiary/aromatic N) is 2. The number of halogens is 1. The first-order chi connectivity index (χ1) is 10.2. The molecular weight excluding hydrogens is 342 g/mol. The van der Waals surface area contributed by atoms with Crippen LogP contribution in [0.3, 0.4) is 0 Å². The van der Waals surface area contributed by atoms with Crippen LogP contribution in [0.25, 0.3) is 0 Å². The fraction of sp³-hybridized carbons (Fsp3) is 0.571. The molecule has 0 aromatic heterocycles. The summed E-state index contributed by atoms with van der Waals surface area (Å²) in [6.45, 7) is 4.32. The highest BCUT2D eigenvalue weighted by Gasteiger charge is 2.32. The van der Waals surface area contributed by atoms with Crippen molar-refractivity contribution in [3.63, 3.8) is 0 Å². The Morgan fingerprint density at radius 1 is 1.43 bits per heavy atom. The minimum Gasteiger partial charge on any atom is -0.328 e. The van der Waals surface area contributed by atoms with Crippen LogP contribution in [0.15, 0.2) is 23.1 Å². The molecule has 2 rings (SSSR count). The Hall–Kier alpha value is -1.22. The highest BCUT2D eigenvalue weighted by molar-refractivity contribution is 7.89. The highest BCUT2D eigenvalue weighted by atomic mass is 35.5. The highest BCUT2D eigenvalue weighted by Crippen LogP contribution is 2.28. The van der Waals surface area contributed by atoms with E-state index in [1.807, 2.05) is 6.92 Å². The molecule has 1 aromatic carbocycles. The Kier molecular flexibility index (Phi) is 6.52. The zero-order valence-electron chi connectivity index (χ0n) is 13.1. The number of piperidine rings is 1. The van der Waals surface area contributed by atoms with E-state index in [1.165, 1.54) is 22.5 Å². The Morgan fingerprint density at radius 2 is 2.09 bits per heavy atom. The van der Waals surface area contributed by atoms with Crippen molar-refractivity contribution >= 4 is 28.1 Å². The number of aryl methyl sites for hydroxylation is 1. The molecule has 1 saturated heterocycles. The smallest absolute Gasteiger partial charge is 0.269 e. The first-order valence-corrected chi connectivity index (χ1v) is 8.68. The molecule has 1 aliphatic heterocycles. The van der Waals surface area contributed by atoms with Crippen LogP contribution < -0.4 is 5.73 Å². The van der Waals surface area contributed by atoms with Crippen LogP contribution in [0.1, 0.15) is 25.3 Å². The Balaban J connectivity index is 0.00000264. The molecule has 2 unspecified atom stereocenters. The van der Waals surface area contributed by atoms with Crippen molar-refractivity contribution in [3.8, 4) is 0 Å². The van der Waals surface area contributed by atoms with Crippen LogP contribution in [0.2, 0.25) is 0 Å². The van der Waals surface area contributed by atoms with Gasteiger partial charge in [0.1, 0.15) is 0 Å². The minimum atomic E-state index is -3.65. The zero-order chi connectivity index (χ0) is 16.5. The van der Waals surface area contributed by atoms with Crippen molar-refractivity contribution in [2.75, 3.05) is 13.1 Å². The molecule has 1 fully saturated rings. The SMILES string of the molecule is Cc1cc([N+](=O)[O-])ccc1S(=O)(=O)N1CCCC(C(C)N)C1.Cl. The van der Waals surface area contributed by atoms with Gasteiger partial charge >= 0.3 is 0 Å². The fourth-order valence-electron chi connectivity index (χ4n) is 2.80. The lowest BCUT2D eigenvalue weighted by atomic mass is 9.93. The predicted octanol–water partition coefficient (Wildman–Crippen LogP) is 2.07. The molecule has 7 nitrogen and oxygen atoms in total. The molecule has 0 spiro atoms. The average molecular weight is 364 g/mol. The van der Waals surface area contributed by atoms with Gasteiger partial charge in [-0.1, -0.05) is 0 Å². The molecule has 0 aliphatic carbocycles. The van der Waals surface area contributed by atoms with Crippen molar-refractivity contribution < 1.29 is 13.3 Å². The molecule has 2 atom stereocenters. The summed E-state index contributed by atoms with van der Waals surface area (Å²) in [5.41, 5.74) is 6.18. The van der Waals surface area contributed by atoms with Crippen LogP contribution in [0.4, 0.5) is 5.69 Å². The van der Waals surface area contributed by atoms with Gasteiger partial charge in [-0.3, -0.25) is 10.1 Å². The van der Waals surface area contributed by atoms with Crippen LogP contribution in [-0.4, -0.2) is 36.8 Å². The van der Waals surface area contributed by atoms with Gasteiger partial charge in [-0.2, -0.15) is 4.31 Å². The first-order valence-electron chi connectivity index (χ1n) is 7.24. The molecule has 23 heavy (non-hydrogen) atoms. The lowest BCUT2D eigenvalue weighted by Gasteiger charge is -2.34. The number of sulfonamides is 1. The molecule has 0 radical (unpaired) electrons. The van der Waals surface area contributed by atoms with Gasteiger partial charge in [0.2, 0.25) is 10.0 Å². The van der Waals surface area contributed by atoms with Gasteiger partial charge in [-0.05, 0) is 44.2 Å². The number of nitro benzene ring substituents is 1. The average Bonchev–Trinajstić information content (AvgIpc) is 2.46.